The molecule has 1 aliphatic heterocycles. The second-order valence-corrected chi connectivity index (χ2v) is 7.51. The minimum absolute atomic E-state index is 0.101. The summed E-state index contributed by atoms with van der Waals surface area (Å²) in [6.45, 7) is 4.76. The fraction of sp³-hybridized carbons (Fsp3) is 0.750. The fourth-order valence-corrected chi connectivity index (χ4v) is 4.26. The summed E-state index contributed by atoms with van der Waals surface area (Å²) >= 11 is 3.14. The lowest BCUT2D eigenvalue weighted by Gasteiger charge is -2.12. The monoisotopic (exact) mass is 346 g/mol. The van der Waals surface area contributed by atoms with Gasteiger partial charge in [0, 0.05) is 0 Å². The Morgan fingerprint density at radius 1 is 0.909 bits per heavy atom. The van der Waals surface area contributed by atoms with E-state index in [1.807, 2.05) is 13.8 Å². The molecule has 0 aliphatic carbocycles. The van der Waals surface area contributed by atoms with E-state index < -0.39 is 11.9 Å². The summed E-state index contributed by atoms with van der Waals surface area (Å²) in [6, 6.07) is 0. The van der Waals surface area contributed by atoms with Gasteiger partial charge in [-0.05, 0) is 37.2 Å². The van der Waals surface area contributed by atoms with Gasteiger partial charge in [0.25, 0.3) is 0 Å². The van der Waals surface area contributed by atoms with Gasteiger partial charge in [-0.3, -0.25) is 0 Å². The van der Waals surface area contributed by atoms with Crippen LogP contribution in [0.3, 0.4) is 0 Å². The molecule has 0 spiro atoms. The van der Waals surface area contributed by atoms with E-state index in [0.717, 1.165) is 54.3 Å². The van der Waals surface area contributed by atoms with Crippen LogP contribution in [0.1, 0.15) is 52.4 Å². The summed E-state index contributed by atoms with van der Waals surface area (Å²) in [5.41, 5.74) is 0.101. The molecule has 126 valence electrons. The van der Waals surface area contributed by atoms with Crippen LogP contribution in [0, 0.1) is 0 Å². The molecule has 1 rings (SSSR count). The van der Waals surface area contributed by atoms with Crippen LogP contribution >= 0.6 is 23.5 Å². The average Bonchev–Trinajstić information content (AvgIpc) is 2.77. The van der Waals surface area contributed by atoms with Gasteiger partial charge in [-0.2, -0.15) is 0 Å². The van der Waals surface area contributed by atoms with Gasteiger partial charge in [0.2, 0.25) is 0 Å². The number of rotatable bonds is 8. The van der Waals surface area contributed by atoms with Gasteiger partial charge >= 0.3 is 11.9 Å². The molecule has 0 saturated carbocycles. The molecule has 1 heterocycles. The van der Waals surface area contributed by atoms with Crippen molar-refractivity contribution < 1.29 is 19.1 Å². The van der Waals surface area contributed by atoms with Gasteiger partial charge in [0.05, 0.1) is 17.5 Å². The van der Waals surface area contributed by atoms with Crippen LogP contribution in [0.25, 0.3) is 0 Å². The Hall–Kier alpha value is -0.620. The van der Waals surface area contributed by atoms with Crippen molar-refractivity contribution in [3.63, 3.8) is 0 Å². The largest absolute Gasteiger partial charge is 0.462 e. The Labute approximate surface area is 141 Å². The third-order valence-corrected chi connectivity index (χ3v) is 5.70. The quantitative estimate of drug-likeness (QED) is 0.216. The Bertz CT molecular complexity index is 360. The molecule has 0 amide bonds. The van der Waals surface area contributed by atoms with Crippen molar-refractivity contribution in [1.29, 1.82) is 0 Å². The lowest BCUT2D eigenvalue weighted by Crippen LogP contribution is -2.20. The third kappa shape index (κ3) is 7.09. The maximum absolute atomic E-state index is 12.3. The van der Waals surface area contributed by atoms with Gasteiger partial charge in [-0.1, -0.05) is 26.7 Å². The highest BCUT2D eigenvalue weighted by atomic mass is 32.2. The summed E-state index contributed by atoms with van der Waals surface area (Å²) < 4.78 is 11.2. The third-order valence-electron chi connectivity index (χ3n) is 3.08. The predicted molar refractivity (Wildman–Crippen MR) is 92.9 cm³/mol. The van der Waals surface area contributed by atoms with E-state index in [0.29, 0.717) is 13.2 Å². The molecule has 0 aromatic heterocycles. The van der Waals surface area contributed by atoms with Crippen molar-refractivity contribution in [2.45, 2.75) is 52.4 Å². The first kappa shape index (κ1) is 19.4. The lowest BCUT2D eigenvalue weighted by molar-refractivity contribution is -0.147. The zero-order valence-electron chi connectivity index (χ0n) is 13.5. The van der Waals surface area contributed by atoms with Crippen LogP contribution in [0.4, 0.5) is 0 Å². The van der Waals surface area contributed by atoms with Gasteiger partial charge in [0.15, 0.2) is 5.57 Å². The summed E-state index contributed by atoms with van der Waals surface area (Å²) in [4.78, 5) is 24.6. The number of ether oxygens (including phenoxy) is 2. The first-order valence-corrected chi connectivity index (χ1v) is 10.0. The Morgan fingerprint density at radius 2 is 1.36 bits per heavy atom. The van der Waals surface area contributed by atoms with Crippen molar-refractivity contribution in [2.75, 3.05) is 24.7 Å². The molecule has 4 nitrogen and oxygen atoms in total. The molecule has 0 aromatic rings. The number of thioether (sulfide) groups is 2. The minimum atomic E-state index is -0.535. The van der Waals surface area contributed by atoms with Crippen LogP contribution in [0.15, 0.2) is 9.81 Å². The van der Waals surface area contributed by atoms with Crippen LogP contribution in [0.5, 0.6) is 0 Å². The van der Waals surface area contributed by atoms with E-state index in [1.165, 1.54) is 0 Å². The van der Waals surface area contributed by atoms with Crippen molar-refractivity contribution in [3.8, 4) is 0 Å². The average molecular weight is 347 g/mol. The molecular formula is C16H26O4S2. The molecule has 1 saturated heterocycles. The Balaban J connectivity index is 2.80. The smallest absolute Gasteiger partial charge is 0.347 e. The zero-order chi connectivity index (χ0) is 16.2. The van der Waals surface area contributed by atoms with Crippen molar-refractivity contribution in [1.82, 2.24) is 0 Å². The van der Waals surface area contributed by atoms with Crippen molar-refractivity contribution in [2.24, 2.45) is 0 Å². The van der Waals surface area contributed by atoms with E-state index in [4.69, 9.17) is 9.47 Å². The number of esters is 2. The first-order valence-electron chi connectivity index (χ1n) is 8.04. The second-order valence-electron chi connectivity index (χ2n) is 5.05. The van der Waals surface area contributed by atoms with E-state index in [-0.39, 0.29) is 5.57 Å². The standard InChI is InChI=1S/C16H26O4S2/c1-3-5-9-19-14(17)13(15(18)20-10-6-4-2)16-21-11-7-8-12-22-16/h3-12H2,1-2H3. The van der Waals surface area contributed by atoms with Gasteiger partial charge in [-0.25, -0.2) is 9.59 Å². The molecule has 1 fully saturated rings. The number of carbonyl (C=O) groups is 2. The van der Waals surface area contributed by atoms with Crippen molar-refractivity contribution >= 4 is 35.5 Å². The molecule has 1 aliphatic rings. The summed E-state index contributed by atoms with van der Waals surface area (Å²) in [7, 11) is 0. The highest BCUT2D eigenvalue weighted by Gasteiger charge is 2.27. The second kappa shape index (κ2) is 11.9. The topological polar surface area (TPSA) is 52.6 Å². The summed E-state index contributed by atoms with van der Waals surface area (Å²) in [5, 5.41) is 0. The van der Waals surface area contributed by atoms with Crippen LogP contribution in [-0.2, 0) is 19.1 Å². The molecule has 0 unspecified atom stereocenters. The number of hydrogen-bond acceptors (Lipinski definition) is 6. The highest BCUT2D eigenvalue weighted by molar-refractivity contribution is 8.22. The molecule has 0 bridgehead atoms. The number of unbranched alkanes of at least 4 members (excludes halogenated alkanes) is 2. The molecular weight excluding hydrogens is 320 g/mol. The first-order chi connectivity index (χ1) is 10.7. The van der Waals surface area contributed by atoms with Gasteiger partial charge in [-0.15, -0.1) is 23.5 Å². The Kier molecular flexibility index (Phi) is 10.5. The zero-order valence-corrected chi connectivity index (χ0v) is 15.2. The van der Waals surface area contributed by atoms with Gasteiger partial charge < -0.3 is 9.47 Å². The molecule has 0 atom stereocenters. The number of hydrogen-bond donors (Lipinski definition) is 0. The predicted octanol–water partition coefficient (Wildman–Crippen LogP) is 4.14. The van der Waals surface area contributed by atoms with E-state index in [9.17, 15) is 9.59 Å². The van der Waals surface area contributed by atoms with E-state index in [1.54, 1.807) is 23.5 Å². The SMILES string of the molecule is CCCCOC(=O)C(C(=O)OCCCC)=C1SCCCCS1. The van der Waals surface area contributed by atoms with E-state index >= 15 is 0 Å². The minimum Gasteiger partial charge on any atom is -0.462 e. The lowest BCUT2D eigenvalue weighted by atomic mass is 10.3. The summed E-state index contributed by atoms with van der Waals surface area (Å²) in [5.74, 6) is 0.783. The highest BCUT2D eigenvalue weighted by Crippen LogP contribution is 2.36. The number of carbonyl (C=O) groups excluding carboxylic acids is 2. The van der Waals surface area contributed by atoms with Gasteiger partial charge in [0.1, 0.15) is 0 Å². The van der Waals surface area contributed by atoms with Crippen molar-refractivity contribution in [3.05, 3.63) is 9.81 Å². The normalized spacial score (nSPS) is 15.1. The maximum Gasteiger partial charge on any atom is 0.347 e. The molecule has 6 heteroatoms. The summed E-state index contributed by atoms with van der Waals surface area (Å²) in [6.07, 6.45) is 5.71. The molecule has 0 radical (unpaired) electrons. The van der Waals surface area contributed by atoms with E-state index in [2.05, 4.69) is 0 Å². The maximum atomic E-state index is 12.3. The fourth-order valence-electron chi connectivity index (χ4n) is 1.73. The molecule has 22 heavy (non-hydrogen) atoms. The van der Waals surface area contributed by atoms with Crippen LogP contribution in [0.2, 0.25) is 0 Å². The molecule has 0 N–H and O–H groups in total. The Morgan fingerprint density at radius 3 is 1.77 bits per heavy atom. The molecule has 0 aromatic carbocycles. The van der Waals surface area contributed by atoms with Crippen LogP contribution in [-0.4, -0.2) is 36.7 Å². The van der Waals surface area contributed by atoms with Crippen LogP contribution < -0.4 is 0 Å².